The molecule has 0 atom stereocenters. The third kappa shape index (κ3) is 8.70. The predicted molar refractivity (Wildman–Crippen MR) is 72.8 cm³/mol. The molecular weight excluding hydrogens is 253 g/mol. The van der Waals surface area contributed by atoms with Crippen molar-refractivity contribution in [3.63, 3.8) is 0 Å². The van der Waals surface area contributed by atoms with Crippen LogP contribution in [0.3, 0.4) is 0 Å². The number of phenols is 1. The van der Waals surface area contributed by atoms with Crippen molar-refractivity contribution < 1.29 is 19.7 Å². The molecule has 0 amide bonds. The molecule has 0 spiro atoms. The number of aliphatic carboxylic acids is 1. The van der Waals surface area contributed by atoms with E-state index in [1.54, 1.807) is 12.1 Å². The summed E-state index contributed by atoms with van der Waals surface area (Å²) >= 11 is 0. The second-order valence-electron chi connectivity index (χ2n) is 2.60. The van der Waals surface area contributed by atoms with E-state index in [9.17, 15) is 9.90 Å². The number of ether oxygens (including phenoxy) is 1. The van der Waals surface area contributed by atoms with Crippen LogP contribution in [-0.4, -0.2) is 112 Å². The van der Waals surface area contributed by atoms with Crippen LogP contribution < -0.4 is 4.74 Å². The van der Waals surface area contributed by atoms with Crippen LogP contribution >= 0.6 is 0 Å². The molecule has 0 radical (unpaired) electrons. The summed E-state index contributed by atoms with van der Waals surface area (Å²) in [5.74, 6) is -0.672. The maximum atomic E-state index is 10.2. The van der Waals surface area contributed by atoms with Crippen molar-refractivity contribution in [1.82, 2.24) is 0 Å². The summed E-state index contributed by atoms with van der Waals surface area (Å²) in [4.78, 5) is 10.2. The van der Waals surface area contributed by atoms with Gasteiger partial charge in [-0.25, -0.2) is 4.79 Å². The Morgan fingerprint density at radius 2 is 1.88 bits per heavy atom. The van der Waals surface area contributed by atoms with Crippen LogP contribution in [-0.2, 0) is 4.79 Å². The zero-order chi connectivity index (χ0) is 10.6. The van der Waals surface area contributed by atoms with Gasteiger partial charge in [0.15, 0.2) is 11.5 Å². The van der Waals surface area contributed by atoms with Crippen LogP contribution in [0.2, 0.25) is 0 Å². The molecule has 0 bridgehead atoms. The number of aromatic hydroxyl groups is 1. The van der Waals surface area contributed by atoms with Crippen LogP contribution in [0, 0.1) is 0 Å². The first-order valence-corrected chi connectivity index (χ1v) is 3.91. The van der Waals surface area contributed by atoms with Gasteiger partial charge in [-0.05, 0) is 23.8 Å². The van der Waals surface area contributed by atoms with E-state index in [1.165, 1.54) is 19.3 Å². The van der Waals surface area contributed by atoms with E-state index in [4.69, 9.17) is 9.84 Å². The average molecular weight is 266 g/mol. The summed E-state index contributed by atoms with van der Waals surface area (Å²) in [7, 11) is 1.43. The molecule has 7 heteroatoms. The van der Waals surface area contributed by atoms with Crippen LogP contribution in [0.25, 0.3) is 6.08 Å². The van der Waals surface area contributed by atoms with Gasteiger partial charge in [0.1, 0.15) is 0 Å². The molecule has 0 aromatic heterocycles. The van der Waals surface area contributed by atoms with Crippen molar-refractivity contribution in [3.8, 4) is 11.5 Å². The standard InChI is InChI=1S/C10H10O4.3Na.3H/c1-14-9-6-7(2-4-8(9)11)3-5-10(12)13;;;;;;/h2-6,11H,1H3,(H,12,13);;;;;;. The zero-order valence-corrected chi connectivity index (χ0v) is 7.60. The van der Waals surface area contributed by atoms with E-state index in [1.807, 2.05) is 0 Å². The van der Waals surface area contributed by atoms with Crippen molar-refractivity contribution in [2.45, 2.75) is 0 Å². The number of rotatable bonds is 3. The normalized spacial score (nSPS) is 8.53. The van der Waals surface area contributed by atoms with Gasteiger partial charge < -0.3 is 14.9 Å². The van der Waals surface area contributed by atoms with Crippen molar-refractivity contribution >= 4 is 101 Å². The van der Waals surface area contributed by atoms with Gasteiger partial charge in [-0.1, -0.05) is 6.07 Å². The number of phenolic OH excluding ortho intramolecular Hbond substituents is 1. The molecule has 0 heterocycles. The van der Waals surface area contributed by atoms with E-state index in [-0.39, 0.29) is 94.4 Å². The average Bonchev–Trinajstić information content (AvgIpc) is 2.16. The Labute approximate surface area is 166 Å². The van der Waals surface area contributed by atoms with Crippen molar-refractivity contribution in [2.75, 3.05) is 7.11 Å². The summed E-state index contributed by atoms with van der Waals surface area (Å²) in [6.45, 7) is 0. The predicted octanol–water partition coefficient (Wildman–Crippen LogP) is -0.447. The summed E-state index contributed by atoms with van der Waals surface area (Å²) < 4.78 is 4.86. The zero-order valence-electron chi connectivity index (χ0n) is 7.60. The van der Waals surface area contributed by atoms with Gasteiger partial charge in [-0.15, -0.1) is 0 Å². The molecule has 1 aromatic carbocycles. The van der Waals surface area contributed by atoms with Gasteiger partial charge in [0, 0.05) is 6.08 Å². The monoisotopic (exact) mass is 266 g/mol. The van der Waals surface area contributed by atoms with Crippen molar-refractivity contribution in [3.05, 3.63) is 29.8 Å². The SMILES string of the molecule is COc1cc(C=CC(=O)O)ccc1O.[NaH].[NaH].[NaH]. The molecule has 4 nitrogen and oxygen atoms in total. The number of hydrogen-bond acceptors (Lipinski definition) is 3. The number of carboxylic acid groups (broad SMARTS) is 1. The molecule has 1 aromatic rings. The molecule has 0 fully saturated rings. The van der Waals surface area contributed by atoms with Crippen LogP contribution in [0.5, 0.6) is 11.5 Å². The Hall–Kier alpha value is 1.03. The summed E-state index contributed by atoms with van der Waals surface area (Å²) in [5.41, 5.74) is 0.655. The second-order valence-corrected chi connectivity index (χ2v) is 2.60. The molecule has 0 saturated heterocycles. The molecule has 0 unspecified atom stereocenters. The van der Waals surface area contributed by atoms with Crippen molar-refractivity contribution in [1.29, 1.82) is 0 Å². The van der Waals surface area contributed by atoms with Gasteiger partial charge in [0.25, 0.3) is 0 Å². The number of carbonyl (C=O) groups is 1. The van der Waals surface area contributed by atoms with Gasteiger partial charge >= 0.3 is 94.6 Å². The third-order valence-electron chi connectivity index (χ3n) is 1.62. The Morgan fingerprint density at radius 3 is 2.35 bits per heavy atom. The minimum atomic E-state index is -1.02. The van der Waals surface area contributed by atoms with Gasteiger partial charge in [-0.3, -0.25) is 0 Å². The Balaban J connectivity index is -0.000000653. The fourth-order valence-corrected chi connectivity index (χ4v) is 0.965. The summed E-state index contributed by atoms with van der Waals surface area (Å²) in [6.07, 6.45) is 2.44. The van der Waals surface area contributed by atoms with Gasteiger partial charge in [-0.2, -0.15) is 0 Å². The number of hydrogen-bond donors (Lipinski definition) is 2. The van der Waals surface area contributed by atoms with Crippen LogP contribution in [0.15, 0.2) is 24.3 Å². The quantitative estimate of drug-likeness (QED) is 0.574. The topological polar surface area (TPSA) is 66.8 Å². The second kappa shape index (κ2) is 12.1. The van der Waals surface area contributed by atoms with Crippen molar-refractivity contribution in [2.24, 2.45) is 0 Å². The molecule has 2 N–H and O–H groups in total. The molecule has 0 aliphatic carbocycles. The molecule has 0 aliphatic heterocycles. The van der Waals surface area contributed by atoms with E-state index < -0.39 is 5.97 Å². The molecular formula is C10H13Na3O4. The minimum absolute atomic E-state index is 0. The number of methoxy groups -OCH3 is 1. The summed E-state index contributed by atoms with van der Waals surface area (Å²) in [5, 5.41) is 17.6. The maximum absolute atomic E-state index is 10.2. The van der Waals surface area contributed by atoms with E-state index in [0.717, 1.165) is 6.08 Å². The molecule has 0 saturated carbocycles. The fraction of sp³-hybridized carbons (Fsp3) is 0.100. The first kappa shape index (κ1) is 23.1. The first-order chi connectivity index (χ1) is 6.63. The molecule has 17 heavy (non-hydrogen) atoms. The fourth-order valence-electron chi connectivity index (χ4n) is 0.965. The van der Waals surface area contributed by atoms with Gasteiger partial charge in [0.05, 0.1) is 7.11 Å². The Bertz CT molecular complexity index is 380. The molecule has 0 aliphatic rings. The van der Waals surface area contributed by atoms with Crippen LogP contribution in [0.1, 0.15) is 5.56 Å². The molecule has 1 rings (SSSR count). The van der Waals surface area contributed by atoms with E-state index in [0.29, 0.717) is 11.3 Å². The van der Waals surface area contributed by atoms with Gasteiger partial charge in [0.2, 0.25) is 0 Å². The summed E-state index contributed by atoms with van der Waals surface area (Å²) in [6, 6.07) is 4.59. The van der Waals surface area contributed by atoms with E-state index in [2.05, 4.69) is 0 Å². The van der Waals surface area contributed by atoms with Crippen LogP contribution in [0.4, 0.5) is 0 Å². The third-order valence-corrected chi connectivity index (χ3v) is 1.62. The first-order valence-electron chi connectivity index (χ1n) is 3.91. The Kier molecular flexibility index (Phi) is 16.5. The molecule has 80 valence electrons. The number of benzene rings is 1. The van der Waals surface area contributed by atoms with E-state index >= 15 is 0 Å². The Morgan fingerprint density at radius 1 is 1.29 bits per heavy atom. The number of carboxylic acids is 1.